The van der Waals surface area contributed by atoms with Crippen molar-refractivity contribution in [1.29, 1.82) is 0 Å². The van der Waals surface area contributed by atoms with Crippen LogP contribution in [0.5, 0.6) is 5.75 Å². The van der Waals surface area contributed by atoms with E-state index in [9.17, 15) is 4.79 Å². The van der Waals surface area contributed by atoms with Crippen LogP contribution < -0.4 is 20.2 Å². The van der Waals surface area contributed by atoms with Crippen molar-refractivity contribution in [3.63, 3.8) is 0 Å². The molecule has 0 aliphatic carbocycles. The normalized spacial score (nSPS) is 21.1. The van der Waals surface area contributed by atoms with Crippen molar-refractivity contribution in [3.05, 3.63) is 99.2 Å². The molecule has 6 rings (SSSR count). The molecule has 0 N–H and O–H groups in total. The molecule has 2 aliphatic heterocycles. The number of halogens is 2. The molecule has 232 valence electrons. The number of hydrogen-bond acceptors (Lipinski definition) is 7. The van der Waals surface area contributed by atoms with E-state index in [1.807, 2.05) is 51.1 Å². The number of rotatable bonds is 9. The molecule has 2 aliphatic rings. The molecule has 44 heavy (non-hydrogen) atoms. The van der Waals surface area contributed by atoms with Gasteiger partial charge in [0, 0.05) is 48.1 Å². The highest BCUT2D eigenvalue weighted by atomic mass is 35.5. The molecule has 3 heterocycles. The first-order chi connectivity index (χ1) is 21.2. The summed E-state index contributed by atoms with van der Waals surface area (Å²) in [6.45, 7) is 10.3. The van der Waals surface area contributed by atoms with Gasteiger partial charge in [0.05, 0.1) is 23.4 Å². The van der Waals surface area contributed by atoms with Gasteiger partial charge in [-0.05, 0) is 80.9 Å². The number of aromatic nitrogens is 3. The number of benzene rings is 3. The van der Waals surface area contributed by atoms with E-state index in [0.717, 1.165) is 61.0 Å². The lowest BCUT2D eigenvalue weighted by Crippen LogP contribution is -2.46. The zero-order valence-corrected chi connectivity index (χ0v) is 26.7. The van der Waals surface area contributed by atoms with Gasteiger partial charge < -0.3 is 24.0 Å². The molecule has 2 fully saturated rings. The standard InChI is InChI=1S/C33H37Cl2N5O4/c1-4-23(2)40-32(41)39(22-36-40)27-8-6-25(7-9-27)37-15-17-38(18-16-37)26-10-12-28(13-11-26)42-20-29-21-43-33(3,44-29)30-14-5-24(34)19-31(30)35/h5-14,19,22-23,29H,4,15-18,20-21H2,1-3H3/t23-,29?,33+/m0/s1. The third-order valence-electron chi connectivity index (χ3n) is 8.47. The maximum Gasteiger partial charge on any atom is 0.350 e. The van der Waals surface area contributed by atoms with Crippen LogP contribution in [0.4, 0.5) is 11.4 Å². The third-order valence-corrected chi connectivity index (χ3v) is 9.02. The van der Waals surface area contributed by atoms with E-state index in [4.69, 9.17) is 37.4 Å². The molecule has 2 saturated heterocycles. The molecule has 9 nitrogen and oxygen atoms in total. The summed E-state index contributed by atoms with van der Waals surface area (Å²) in [7, 11) is 0. The summed E-state index contributed by atoms with van der Waals surface area (Å²) in [5.74, 6) is -0.163. The van der Waals surface area contributed by atoms with Gasteiger partial charge in [-0.1, -0.05) is 36.2 Å². The summed E-state index contributed by atoms with van der Waals surface area (Å²) in [5.41, 5.74) is 3.76. The van der Waals surface area contributed by atoms with Crippen molar-refractivity contribution in [1.82, 2.24) is 14.3 Å². The van der Waals surface area contributed by atoms with E-state index in [2.05, 4.69) is 39.2 Å². The van der Waals surface area contributed by atoms with Crippen molar-refractivity contribution in [3.8, 4) is 11.4 Å². The lowest BCUT2D eigenvalue weighted by molar-refractivity contribution is -0.164. The Kier molecular flexibility index (Phi) is 8.91. The van der Waals surface area contributed by atoms with Crippen LogP contribution in [-0.4, -0.2) is 59.8 Å². The fourth-order valence-electron chi connectivity index (χ4n) is 5.68. The highest BCUT2D eigenvalue weighted by molar-refractivity contribution is 6.35. The summed E-state index contributed by atoms with van der Waals surface area (Å²) in [4.78, 5) is 17.5. The predicted molar refractivity (Wildman–Crippen MR) is 174 cm³/mol. The monoisotopic (exact) mass is 637 g/mol. The lowest BCUT2D eigenvalue weighted by Gasteiger charge is -2.37. The molecule has 3 atom stereocenters. The molecule has 0 amide bonds. The highest BCUT2D eigenvalue weighted by Gasteiger charge is 2.40. The van der Waals surface area contributed by atoms with Gasteiger partial charge >= 0.3 is 5.69 Å². The molecule has 1 unspecified atom stereocenters. The molecule has 11 heteroatoms. The number of hydrogen-bond donors (Lipinski definition) is 0. The van der Waals surface area contributed by atoms with Crippen LogP contribution in [0, 0.1) is 0 Å². The van der Waals surface area contributed by atoms with E-state index in [-0.39, 0.29) is 17.8 Å². The second kappa shape index (κ2) is 12.9. The molecule has 0 saturated carbocycles. The molecule has 4 aromatic rings. The van der Waals surface area contributed by atoms with Gasteiger partial charge in [-0.25, -0.2) is 14.0 Å². The topological polar surface area (TPSA) is 74.0 Å². The van der Waals surface area contributed by atoms with Gasteiger partial charge in [0.25, 0.3) is 0 Å². The SMILES string of the molecule is CC[C@H](C)n1ncn(-c2ccc(N3CCN(c4ccc(OCC5CO[C@@](C)(c6ccc(Cl)cc6Cl)O5)cc4)CC3)cc2)c1=O. The number of nitrogens with zero attached hydrogens (tertiary/aromatic N) is 5. The van der Waals surface area contributed by atoms with E-state index in [1.165, 1.54) is 0 Å². The van der Waals surface area contributed by atoms with Crippen LogP contribution in [-0.2, 0) is 15.3 Å². The largest absolute Gasteiger partial charge is 0.491 e. The quantitative estimate of drug-likeness (QED) is 0.213. The minimum absolute atomic E-state index is 0.0725. The maximum atomic E-state index is 12.8. The fourth-order valence-corrected chi connectivity index (χ4v) is 6.26. The van der Waals surface area contributed by atoms with Crippen LogP contribution in [0.3, 0.4) is 0 Å². The first-order valence-corrected chi connectivity index (χ1v) is 15.8. The molecule has 0 bridgehead atoms. The zero-order chi connectivity index (χ0) is 30.8. The summed E-state index contributed by atoms with van der Waals surface area (Å²) in [6.07, 6.45) is 2.23. The van der Waals surface area contributed by atoms with E-state index in [0.29, 0.717) is 23.3 Å². The van der Waals surface area contributed by atoms with E-state index < -0.39 is 5.79 Å². The van der Waals surface area contributed by atoms with Crippen molar-refractivity contribution < 1.29 is 14.2 Å². The van der Waals surface area contributed by atoms with Crippen molar-refractivity contribution in [2.45, 2.75) is 45.1 Å². The minimum atomic E-state index is -0.944. The average Bonchev–Trinajstić information content (AvgIpc) is 3.62. The Morgan fingerprint density at radius 1 is 0.955 bits per heavy atom. The average molecular weight is 639 g/mol. The fraction of sp³-hybridized carbons (Fsp3) is 0.394. The van der Waals surface area contributed by atoms with Crippen molar-refractivity contribution in [2.24, 2.45) is 0 Å². The molecule has 1 aromatic heterocycles. The first-order valence-electron chi connectivity index (χ1n) is 15.0. The first kappa shape index (κ1) is 30.5. The summed E-state index contributed by atoms with van der Waals surface area (Å²) in [5, 5.41) is 5.37. The van der Waals surface area contributed by atoms with Crippen LogP contribution in [0.25, 0.3) is 5.69 Å². The Balaban J connectivity index is 0.991. The zero-order valence-electron chi connectivity index (χ0n) is 25.2. The smallest absolute Gasteiger partial charge is 0.350 e. The van der Waals surface area contributed by atoms with Gasteiger partial charge in [0.2, 0.25) is 0 Å². The van der Waals surface area contributed by atoms with Crippen LogP contribution >= 0.6 is 23.2 Å². The Hall–Kier alpha value is -3.50. The summed E-state index contributed by atoms with van der Waals surface area (Å²) >= 11 is 12.4. The molecular formula is C33H37Cl2N5O4. The second-order valence-electron chi connectivity index (χ2n) is 11.4. The molecular weight excluding hydrogens is 601 g/mol. The van der Waals surface area contributed by atoms with E-state index >= 15 is 0 Å². The van der Waals surface area contributed by atoms with Gasteiger partial charge in [-0.15, -0.1) is 0 Å². The third kappa shape index (κ3) is 6.33. The molecule has 0 spiro atoms. The van der Waals surface area contributed by atoms with Gasteiger partial charge in [0.1, 0.15) is 24.8 Å². The lowest BCUT2D eigenvalue weighted by atomic mass is 10.1. The summed E-state index contributed by atoms with van der Waals surface area (Å²) < 4.78 is 21.3. The number of piperazine rings is 1. The minimum Gasteiger partial charge on any atom is -0.491 e. The molecule has 0 radical (unpaired) electrons. The Labute approximate surface area is 267 Å². The maximum absolute atomic E-state index is 12.8. The van der Waals surface area contributed by atoms with E-state index in [1.54, 1.807) is 27.7 Å². The Morgan fingerprint density at radius 2 is 1.57 bits per heavy atom. The highest BCUT2D eigenvalue weighted by Crippen LogP contribution is 2.38. The Morgan fingerprint density at radius 3 is 2.18 bits per heavy atom. The number of anilines is 2. The van der Waals surface area contributed by atoms with Gasteiger partial charge in [-0.2, -0.15) is 5.10 Å². The molecule has 3 aromatic carbocycles. The number of ether oxygens (including phenoxy) is 3. The van der Waals surface area contributed by atoms with Crippen LogP contribution in [0.15, 0.2) is 77.9 Å². The van der Waals surface area contributed by atoms with Gasteiger partial charge in [-0.3, -0.25) is 0 Å². The Bertz CT molecular complexity index is 1630. The van der Waals surface area contributed by atoms with Gasteiger partial charge in [0.15, 0.2) is 5.79 Å². The van der Waals surface area contributed by atoms with Crippen LogP contribution in [0.1, 0.15) is 38.8 Å². The van der Waals surface area contributed by atoms with Crippen molar-refractivity contribution >= 4 is 34.6 Å². The predicted octanol–water partition coefficient (Wildman–Crippen LogP) is 6.31. The van der Waals surface area contributed by atoms with Crippen LogP contribution in [0.2, 0.25) is 10.0 Å². The van der Waals surface area contributed by atoms with Crippen molar-refractivity contribution in [2.75, 3.05) is 49.2 Å². The summed E-state index contributed by atoms with van der Waals surface area (Å²) in [6, 6.07) is 21.7. The second-order valence-corrected chi connectivity index (χ2v) is 12.2.